The minimum atomic E-state index is -1.02. The van der Waals surface area contributed by atoms with Crippen LogP contribution in [-0.4, -0.2) is 28.3 Å². The predicted octanol–water partition coefficient (Wildman–Crippen LogP) is 6.41. The van der Waals surface area contributed by atoms with E-state index < -0.39 is 5.54 Å². The summed E-state index contributed by atoms with van der Waals surface area (Å²) in [5, 5.41) is 2.88. The molecule has 1 aliphatic rings. The Bertz CT molecular complexity index is 1470. The summed E-state index contributed by atoms with van der Waals surface area (Å²) in [6, 6.07) is 32.7. The highest BCUT2D eigenvalue weighted by atomic mass is 16.5. The number of rotatable bonds is 8. The van der Waals surface area contributed by atoms with Crippen LogP contribution in [0.2, 0.25) is 0 Å². The van der Waals surface area contributed by atoms with Gasteiger partial charge in [-0.25, -0.2) is 9.69 Å². The van der Waals surface area contributed by atoms with Gasteiger partial charge in [0.05, 0.1) is 12.1 Å². The Labute approximate surface area is 227 Å². The van der Waals surface area contributed by atoms with Crippen molar-refractivity contribution in [2.45, 2.75) is 32.4 Å². The number of benzene rings is 4. The molecule has 4 amide bonds. The van der Waals surface area contributed by atoms with E-state index in [9.17, 15) is 14.4 Å². The molecule has 0 bridgehead atoms. The average Bonchev–Trinajstić information content (AvgIpc) is 3.10. The van der Waals surface area contributed by atoms with Crippen molar-refractivity contribution in [3.63, 3.8) is 0 Å². The SMILES string of the molecule is CC1(C)C(=O)N(c2ccc(Oc3ccccc3)cc2)C(=O)N1Cc1ccc(CC(=O)Nc2ccccc2)cc1. The smallest absolute Gasteiger partial charge is 0.332 e. The van der Waals surface area contributed by atoms with Gasteiger partial charge >= 0.3 is 6.03 Å². The number of carbonyl (C=O) groups excluding carboxylic acids is 3. The van der Waals surface area contributed by atoms with Crippen molar-refractivity contribution in [3.8, 4) is 11.5 Å². The number of ether oxygens (including phenoxy) is 1. The van der Waals surface area contributed by atoms with Crippen molar-refractivity contribution in [2.75, 3.05) is 10.2 Å². The van der Waals surface area contributed by atoms with E-state index in [1.165, 1.54) is 4.90 Å². The zero-order valence-electron chi connectivity index (χ0n) is 21.8. The molecular weight excluding hydrogens is 490 g/mol. The molecule has 1 fully saturated rings. The summed E-state index contributed by atoms with van der Waals surface area (Å²) in [5.74, 6) is 0.913. The molecule has 4 aromatic rings. The molecule has 1 saturated heterocycles. The lowest BCUT2D eigenvalue weighted by atomic mass is 10.0. The standard InChI is InChI=1S/C32H29N3O4/c1-32(2)30(37)35(26-17-19-28(20-18-26)39-27-11-7-4-8-12-27)31(38)34(32)22-24-15-13-23(14-16-24)21-29(36)33-25-9-5-3-6-10-25/h3-20H,21-22H2,1-2H3,(H,33,36). The van der Waals surface area contributed by atoms with Gasteiger partial charge in [-0.05, 0) is 73.5 Å². The van der Waals surface area contributed by atoms with E-state index in [0.717, 1.165) is 16.8 Å². The number of para-hydroxylation sites is 2. The molecule has 1 heterocycles. The van der Waals surface area contributed by atoms with Gasteiger partial charge in [0.1, 0.15) is 17.0 Å². The fraction of sp³-hybridized carbons (Fsp3) is 0.156. The monoisotopic (exact) mass is 519 g/mol. The minimum Gasteiger partial charge on any atom is -0.457 e. The molecule has 0 aromatic heterocycles. The van der Waals surface area contributed by atoms with Crippen LogP contribution in [0.1, 0.15) is 25.0 Å². The Morgan fingerprint density at radius 1 is 0.744 bits per heavy atom. The van der Waals surface area contributed by atoms with E-state index in [-0.39, 0.29) is 30.8 Å². The maximum atomic E-state index is 13.4. The van der Waals surface area contributed by atoms with Crippen molar-refractivity contribution in [1.29, 1.82) is 0 Å². The molecule has 0 atom stereocenters. The molecule has 0 radical (unpaired) electrons. The number of amides is 4. The molecule has 0 saturated carbocycles. The summed E-state index contributed by atoms with van der Waals surface area (Å²) in [7, 11) is 0. The lowest BCUT2D eigenvalue weighted by Crippen LogP contribution is -2.43. The summed E-state index contributed by atoms with van der Waals surface area (Å²) >= 11 is 0. The van der Waals surface area contributed by atoms with Crippen molar-refractivity contribution in [1.82, 2.24) is 4.90 Å². The third kappa shape index (κ3) is 5.67. The van der Waals surface area contributed by atoms with Crippen LogP contribution in [0, 0.1) is 0 Å². The third-order valence-corrected chi connectivity index (χ3v) is 6.68. The quantitative estimate of drug-likeness (QED) is 0.273. The summed E-state index contributed by atoms with van der Waals surface area (Å²) < 4.78 is 5.83. The molecule has 5 rings (SSSR count). The van der Waals surface area contributed by atoms with Crippen molar-refractivity contribution in [2.24, 2.45) is 0 Å². The molecular formula is C32H29N3O4. The maximum absolute atomic E-state index is 13.4. The topological polar surface area (TPSA) is 79.0 Å². The van der Waals surface area contributed by atoms with Crippen LogP contribution in [-0.2, 0) is 22.6 Å². The van der Waals surface area contributed by atoms with Crippen LogP contribution in [0.3, 0.4) is 0 Å². The van der Waals surface area contributed by atoms with Gasteiger partial charge in [-0.1, -0.05) is 60.7 Å². The highest BCUT2D eigenvalue weighted by Gasteiger charge is 2.51. The second kappa shape index (κ2) is 10.8. The largest absolute Gasteiger partial charge is 0.457 e. The van der Waals surface area contributed by atoms with Crippen molar-refractivity contribution in [3.05, 3.63) is 120 Å². The van der Waals surface area contributed by atoms with E-state index >= 15 is 0 Å². The number of urea groups is 1. The molecule has 1 aliphatic heterocycles. The second-order valence-electron chi connectivity index (χ2n) is 9.88. The highest BCUT2D eigenvalue weighted by molar-refractivity contribution is 6.22. The molecule has 39 heavy (non-hydrogen) atoms. The van der Waals surface area contributed by atoms with Gasteiger partial charge < -0.3 is 15.0 Å². The number of carbonyl (C=O) groups is 3. The molecule has 0 aliphatic carbocycles. The van der Waals surface area contributed by atoms with Crippen molar-refractivity contribution >= 4 is 29.2 Å². The maximum Gasteiger partial charge on any atom is 0.332 e. The lowest BCUT2D eigenvalue weighted by molar-refractivity contribution is -0.123. The highest BCUT2D eigenvalue weighted by Crippen LogP contribution is 2.34. The number of imide groups is 1. The lowest BCUT2D eigenvalue weighted by Gasteiger charge is -2.27. The van der Waals surface area contributed by atoms with Gasteiger partial charge in [-0.2, -0.15) is 0 Å². The number of nitrogens with one attached hydrogen (secondary N) is 1. The summed E-state index contributed by atoms with van der Waals surface area (Å²) in [5.41, 5.74) is 1.94. The first kappa shape index (κ1) is 25.7. The van der Waals surface area contributed by atoms with Gasteiger partial charge in [-0.15, -0.1) is 0 Å². The van der Waals surface area contributed by atoms with Gasteiger partial charge in [0.2, 0.25) is 5.91 Å². The third-order valence-electron chi connectivity index (χ3n) is 6.68. The Kier molecular flexibility index (Phi) is 7.14. The second-order valence-corrected chi connectivity index (χ2v) is 9.88. The van der Waals surface area contributed by atoms with E-state index in [1.807, 2.05) is 84.9 Å². The molecule has 0 unspecified atom stereocenters. The zero-order valence-corrected chi connectivity index (χ0v) is 21.8. The first-order valence-corrected chi connectivity index (χ1v) is 12.7. The van der Waals surface area contributed by atoms with Crippen LogP contribution in [0.5, 0.6) is 11.5 Å². The minimum absolute atomic E-state index is 0.105. The molecule has 196 valence electrons. The Hall–Kier alpha value is -4.91. The van der Waals surface area contributed by atoms with Gasteiger partial charge in [-0.3, -0.25) is 9.59 Å². The zero-order chi connectivity index (χ0) is 27.4. The van der Waals surface area contributed by atoms with Crippen LogP contribution >= 0.6 is 0 Å². The number of anilines is 2. The fourth-order valence-electron chi connectivity index (χ4n) is 4.47. The first-order valence-electron chi connectivity index (χ1n) is 12.7. The molecule has 7 heteroatoms. The summed E-state index contributed by atoms with van der Waals surface area (Å²) in [6.07, 6.45) is 0.236. The molecule has 1 N–H and O–H groups in total. The Morgan fingerprint density at radius 3 is 1.95 bits per heavy atom. The summed E-state index contributed by atoms with van der Waals surface area (Å²) in [4.78, 5) is 41.9. The van der Waals surface area contributed by atoms with Crippen LogP contribution in [0.15, 0.2) is 109 Å². The molecule has 4 aromatic carbocycles. The predicted molar refractivity (Wildman–Crippen MR) is 151 cm³/mol. The van der Waals surface area contributed by atoms with Gasteiger partial charge in [0.25, 0.3) is 5.91 Å². The normalized spacial score (nSPS) is 14.4. The van der Waals surface area contributed by atoms with E-state index in [1.54, 1.807) is 43.0 Å². The molecule has 7 nitrogen and oxygen atoms in total. The van der Waals surface area contributed by atoms with E-state index in [0.29, 0.717) is 17.2 Å². The molecule has 0 spiro atoms. The number of hydrogen-bond donors (Lipinski definition) is 1. The van der Waals surface area contributed by atoms with Crippen LogP contribution in [0.25, 0.3) is 0 Å². The van der Waals surface area contributed by atoms with Gasteiger partial charge in [0.15, 0.2) is 0 Å². The van der Waals surface area contributed by atoms with Gasteiger partial charge in [0, 0.05) is 12.2 Å². The van der Waals surface area contributed by atoms with E-state index in [2.05, 4.69) is 5.32 Å². The summed E-state index contributed by atoms with van der Waals surface area (Å²) in [6.45, 7) is 3.77. The van der Waals surface area contributed by atoms with Crippen LogP contribution in [0.4, 0.5) is 16.2 Å². The number of nitrogens with zero attached hydrogens (tertiary/aromatic N) is 2. The average molecular weight is 520 g/mol. The van der Waals surface area contributed by atoms with Crippen molar-refractivity contribution < 1.29 is 19.1 Å². The van der Waals surface area contributed by atoms with E-state index in [4.69, 9.17) is 4.74 Å². The Morgan fingerprint density at radius 2 is 1.31 bits per heavy atom. The van der Waals surface area contributed by atoms with Crippen LogP contribution < -0.4 is 15.0 Å². The fourth-order valence-corrected chi connectivity index (χ4v) is 4.47. The Balaban J connectivity index is 1.25. The number of hydrogen-bond acceptors (Lipinski definition) is 4. The first-order chi connectivity index (χ1) is 18.8.